The molecule has 0 unspecified atom stereocenters. The first-order valence-electron chi connectivity index (χ1n) is 30.9. The van der Waals surface area contributed by atoms with Crippen molar-refractivity contribution < 1.29 is 33.4 Å². The fourth-order valence-electron chi connectivity index (χ4n) is 12.3. The number of carbonyl (C=O) groups excluding carboxylic acids is 4. The van der Waals surface area contributed by atoms with E-state index in [-0.39, 0.29) is 70.0 Å². The molecule has 4 N–H and O–H groups in total. The monoisotopic (exact) mass is 1370 g/mol. The van der Waals surface area contributed by atoms with E-state index in [9.17, 15) is 24.0 Å². The lowest BCUT2D eigenvalue weighted by Gasteiger charge is -2.41. The van der Waals surface area contributed by atoms with Crippen LogP contribution in [0.25, 0.3) is 22.5 Å². The summed E-state index contributed by atoms with van der Waals surface area (Å²) in [5, 5.41) is 16.9. The largest absolute Gasteiger partial charge is 0.497 e. The lowest BCUT2D eigenvalue weighted by molar-refractivity contribution is -0.128. The van der Waals surface area contributed by atoms with E-state index in [4.69, 9.17) is 71.3 Å². The van der Waals surface area contributed by atoms with Gasteiger partial charge in [-0.1, -0.05) is 70.7 Å². The Balaban J connectivity index is 0.000000146. The molecular formula is C67H72Cl4N16O8. The van der Waals surface area contributed by atoms with Crippen LogP contribution in [0.3, 0.4) is 0 Å². The smallest absolute Gasteiger partial charge is 0.264 e. The predicted molar refractivity (Wildman–Crippen MR) is 365 cm³/mol. The second-order valence-electron chi connectivity index (χ2n) is 24.5. The van der Waals surface area contributed by atoms with Gasteiger partial charge in [-0.05, 0) is 101 Å². The zero-order valence-electron chi connectivity index (χ0n) is 54.1. The van der Waals surface area contributed by atoms with E-state index >= 15 is 0 Å². The van der Waals surface area contributed by atoms with Crippen molar-refractivity contribution in [2.75, 3.05) is 63.5 Å². The topological polar surface area (TPSA) is 277 Å². The number of methoxy groups -OCH3 is 2. The minimum atomic E-state index is -0.420. The van der Waals surface area contributed by atoms with Gasteiger partial charge in [0.1, 0.15) is 28.3 Å². The van der Waals surface area contributed by atoms with Gasteiger partial charge in [0.05, 0.1) is 125 Å². The summed E-state index contributed by atoms with van der Waals surface area (Å²) in [5.41, 5.74) is 14.6. The van der Waals surface area contributed by atoms with Crippen LogP contribution in [0.5, 0.6) is 11.5 Å². The highest BCUT2D eigenvalue weighted by atomic mass is 35.5. The van der Waals surface area contributed by atoms with E-state index < -0.39 is 11.8 Å². The molecule has 24 nitrogen and oxygen atoms in total. The van der Waals surface area contributed by atoms with Crippen LogP contribution < -0.4 is 36.3 Å². The van der Waals surface area contributed by atoms with Crippen molar-refractivity contribution in [1.29, 1.82) is 0 Å². The summed E-state index contributed by atoms with van der Waals surface area (Å²) < 4.78 is 21.3. The number of rotatable bonds is 14. The molecule has 496 valence electrons. The fraction of sp³-hybridized carbons (Fsp3) is 0.373. The summed E-state index contributed by atoms with van der Waals surface area (Å²) in [6, 6.07) is 20.7. The molecule has 2 atom stereocenters. The van der Waals surface area contributed by atoms with Gasteiger partial charge in [-0.25, -0.2) is 19.9 Å². The van der Waals surface area contributed by atoms with Crippen molar-refractivity contribution in [2.45, 2.75) is 104 Å². The Morgan fingerprint density at radius 2 is 1.09 bits per heavy atom. The van der Waals surface area contributed by atoms with Gasteiger partial charge in [-0.15, -0.1) is 0 Å². The molecule has 4 amide bonds. The van der Waals surface area contributed by atoms with E-state index in [1.54, 1.807) is 65.8 Å². The average molecular weight is 1370 g/mol. The first-order chi connectivity index (χ1) is 45.4. The number of ether oxygens (including phenoxy) is 3. The number of nitrogens with zero attached hydrogens (tertiary/aromatic N) is 13. The van der Waals surface area contributed by atoms with Crippen LogP contribution in [-0.2, 0) is 53.8 Å². The third kappa shape index (κ3) is 13.4. The highest BCUT2D eigenvalue weighted by Crippen LogP contribution is 2.43. The highest BCUT2D eigenvalue weighted by molar-refractivity contribution is 6.43. The molecule has 2 saturated heterocycles. The highest BCUT2D eigenvalue weighted by Gasteiger charge is 2.48. The van der Waals surface area contributed by atoms with Crippen LogP contribution >= 0.6 is 46.4 Å². The normalized spacial score (nSPS) is 17.1. The molecule has 28 heteroatoms. The first-order valence-corrected chi connectivity index (χ1v) is 32.4. The maximum Gasteiger partial charge on any atom is 0.264 e. The SMILES string of the molecule is CC(C)Nc1nccc(C2=NCc3nc(N4CCC5(CC4)CO[C@@H](C)[C@H]5N)n(C)c(=O)c32)c1Cl.COc1ccc(Cn2nc3c(c2-c2ccnc(Cl)c2Cl)C(=O)N(C)C(=O)C3)cc1.COc1ccc(Cn2nc3c(c2-c2ccnc(NC(C)C)c2Cl)C(=O)N(C)C(=O)C3)cc1. The maximum atomic E-state index is 13.5. The van der Waals surface area contributed by atoms with Crippen molar-refractivity contribution in [1.82, 2.24) is 53.9 Å². The van der Waals surface area contributed by atoms with Gasteiger partial charge in [0.25, 0.3) is 17.4 Å². The van der Waals surface area contributed by atoms with Gasteiger partial charge in [-0.3, -0.25) is 52.7 Å². The molecular weight excluding hydrogens is 1300 g/mol. The number of nitrogens with one attached hydrogen (secondary N) is 2. The van der Waals surface area contributed by atoms with Crippen molar-refractivity contribution in [3.05, 3.63) is 166 Å². The molecule has 2 aromatic carbocycles. The van der Waals surface area contributed by atoms with Gasteiger partial charge in [0.2, 0.25) is 17.8 Å². The Morgan fingerprint density at radius 3 is 1.56 bits per heavy atom. The molecule has 11 heterocycles. The van der Waals surface area contributed by atoms with Crippen molar-refractivity contribution >= 4 is 93.3 Å². The van der Waals surface area contributed by atoms with E-state index in [1.165, 1.54) is 20.3 Å². The molecule has 5 aliphatic heterocycles. The minimum Gasteiger partial charge on any atom is -0.497 e. The molecule has 0 aliphatic carbocycles. The van der Waals surface area contributed by atoms with Crippen LogP contribution in [0, 0.1) is 5.41 Å². The van der Waals surface area contributed by atoms with Gasteiger partial charge < -0.3 is 35.5 Å². The number of fused-ring (bicyclic) bond motifs is 3. The minimum absolute atomic E-state index is 0.0155. The molecule has 6 aromatic heterocycles. The van der Waals surface area contributed by atoms with E-state index in [2.05, 4.69) is 45.7 Å². The molecule has 0 bridgehead atoms. The van der Waals surface area contributed by atoms with Gasteiger partial charge in [0, 0.05) is 93.1 Å². The summed E-state index contributed by atoms with van der Waals surface area (Å²) in [6.45, 7) is 13.5. The number of amides is 4. The van der Waals surface area contributed by atoms with Crippen LogP contribution in [0.1, 0.15) is 108 Å². The number of carbonyl (C=O) groups is 4. The number of likely N-dealkylation sites (N-methyl/N-ethyl adjacent to an activating group) is 2. The van der Waals surface area contributed by atoms with Crippen molar-refractivity contribution in [3.8, 4) is 34.0 Å². The summed E-state index contributed by atoms with van der Waals surface area (Å²) in [5.74, 6) is 1.87. The van der Waals surface area contributed by atoms with Crippen LogP contribution in [0.2, 0.25) is 20.2 Å². The van der Waals surface area contributed by atoms with Crippen LogP contribution in [0.4, 0.5) is 17.6 Å². The number of nitrogens with two attached hydrogens (primary N) is 1. The van der Waals surface area contributed by atoms with Gasteiger partial charge >= 0.3 is 0 Å². The number of hydrogen-bond donors (Lipinski definition) is 3. The Hall–Kier alpha value is -8.78. The number of imide groups is 2. The number of pyridine rings is 3. The van der Waals surface area contributed by atoms with Crippen LogP contribution in [-0.4, -0.2) is 155 Å². The summed E-state index contributed by atoms with van der Waals surface area (Å²) in [4.78, 5) is 90.6. The lowest BCUT2D eigenvalue weighted by atomic mass is 9.73. The molecule has 8 aromatic rings. The number of hydrogen-bond acceptors (Lipinski definition) is 19. The quantitative estimate of drug-likeness (QED) is 0.0675. The predicted octanol–water partition coefficient (Wildman–Crippen LogP) is 9.43. The average Bonchev–Trinajstić information content (AvgIpc) is 1.66. The summed E-state index contributed by atoms with van der Waals surface area (Å²) >= 11 is 25.9. The van der Waals surface area contributed by atoms with E-state index in [0.29, 0.717) is 121 Å². The molecule has 95 heavy (non-hydrogen) atoms. The van der Waals surface area contributed by atoms with Gasteiger partial charge in [-0.2, -0.15) is 10.2 Å². The summed E-state index contributed by atoms with van der Waals surface area (Å²) in [6.07, 6.45) is 6.86. The Morgan fingerprint density at radius 1 is 0.632 bits per heavy atom. The molecule has 2 fully saturated rings. The number of piperidine rings is 1. The molecule has 5 aliphatic rings. The number of halogens is 4. The maximum absolute atomic E-state index is 13.5. The van der Waals surface area contributed by atoms with Crippen molar-refractivity contribution in [2.24, 2.45) is 23.2 Å². The fourth-order valence-corrected chi connectivity index (χ4v) is 13.2. The number of aliphatic imine (C=N–C) groups is 1. The first kappa shape index (κ1) is 67.6. The molecule has 0 saturated carbocycles. The Labute approximate surface area is 568 Å². The number of anilines is 3. The van der Waals surface area contributed by atoms with E-state index in [0.717, 1.165) is 58.4 Å². The third-order valence-electron chi connectivity index (χ3n) is 17.6. The number of aromatic nitrogens is 9. The lowest BCUT2D eigenvalue weighted by Crippen LogP contribution is -2.51. The number of benzene rings is 2. The van der Waals surface area contributed by atoms with E-state index in [1.807, 2.05) is 83.1 Å². The second kappa shape index (κ2) is 27.9. The third-order valence-corrected chi connectivity index (χ3v) is 19.1. The Bertz CT molecular complexity index is 4390. The molecule has 1 spiro atoms. The summed E-state index contributed by atoms with van der Waals surface area (Å²) in [7, 11) is 7.93. The second-order valence-corrected chi connectivity index (χ2v) is 26.0. The molecule has 13 rings (SSSR count). The van der Waals surface area contributed by atoms with Gasteiger partial charge in [0.15, 0.2) is 0 Å². The zero-order chi connectivity index (χ0) is 67.9. The molecule has 0 radical (unpaired) electrons. The zero-order valence-corrected chi connectivity index (χ0v) is 57.2. The standard InChI is InChI=1S/C24H32ClN7O2.C23H24ClN5O3.C20H16Cl2N4O3/c1-13(2)29-21-18(25)15(5-8-27-21)19-17-16(11-28-19)30-23(31(4)22(17)33)32-9-6-24(7-10-32)12-34-14(3)20(24)26;1-13(2)26-22-20(24)16(9-10-25-22)21-19-17(11-18(30)28(3)23(19)31)27-29(21)12-14-5-7-15(32-4)8-6-14;1-25-15(27)9-14-16(20(25)28)18(13-7-8-23-19(22)17(13)21)26(24-14)10-11-3-5-12(29-2)6-4-11/h5,8,13-14,20H,6-7,9-12,26H2,1-4H3,(H,27,29);5-10,13H,11-12H2,1-4H3,(H,25,26);3-8H,9-10H2,1-2H3/t14-,20+;;/m0../s1. The van der Waals surface area contributed by atoms with Crippen molar-refractivity contribution in [3.63, 3.8) is 0 Å². The Kier molecular flexibility index (Phi) is 19.9. The van der Waals surface area contributed by atoms with Crippen LogP contribution in [0.15, 0.2) is 95.1 Å².